The van der Waals surface area contributed by atoms with E-state index in [1.54, 1.807) is 11.3 Å². The first-order valence-corrected chi connectivity index (χ1v) is 10.9. The van der Waals surface area contributed by atoms with Gasteiger partial charge in [0.05, 0.1) is 0 Å². The van der Waals surface area contributed by atoms with E-state index in [2.05, 4.69) is 63.8 Å². The van der Waals surface area contributed by atoms with Crippen LogP contribution in [0.3, 0.4) is 0 Å². The fourth-order valence-corrected chi connectivity index (χ4v) is 4.30. The quantitative estimate of drug-likeness (QED) is 0.669. The summed E-state index contributed by atoms with van der Waals surface area (Å²) in [4.78, 5) is 18.3. The van der Waals surface area contributed by atoms with Crippen molar-refractivity contribution in [3.05, 3.63) is 52.2 Å². The lowest BCUT2D eigenvalue weighted by Crippen LogP contribution is -2.47. The van der Waals surface area contributed by atoms with Crippen LogP contribution < -0.4 is 10.2 Å². The van der Waals surface area contributed by atoms with Gasteiger partial charge < -0.3 is 10.2 Å². The van der Waals surface area contributed by atoms with E-state index < -0.39 is 0 Å². The van der Waals surface area contributed by atoms with Crippen molar-refractivity contribution in [1.82, 2.24) is 10.2 Å². The van der Waals surface area contributed by atoms with E-state index in [1.807, 2.05) is 0 Å². The molecule has 1 N–H and O–H groups in total. The molecule has 1 aromatic carbocycles. The predicted molar refractivity (Wildman–Crippen MR) is 115 cm³/mol. The third kappa shape index (κ3) is 6.67. The van der Waals surface area contributed by atoms with Crippen molar-refractivity contribution in [3.63, 3.8) is 0 Å². The maximum absolute atomic E-state index is 11.9. The number of nitrogens with one attached hydrogen (secondary N) is 1. The SMILES string of the molecule is Cc1cccc(N2CCN(CCCNC(=O)CCCc3cccs3)CC2)c1. The molecule has 2 heterocycles. The summed E-state index contributed by atoms with van der Waals surface area (Å²) in [5.41, 5.74) is 2.66. The van der Waals surface area contributed by atoms with Crippen LogP contribution in [-0.4, -0.2) is 50.1 Å². The van der Waals surface area contributed by atoms with Crippen LogP contribution in [0.4, 0.5) is 5.69 Å². The molecule has 0 aliphatic carbocycles. The topological polar surface area (TPSA) is 35.6 Å². The van der Waals surface area contributed by atoms with Crippen LogP contribution in [0.2, 0.25) is 0 Å². The lowest BCUT2D eigenvalue weighted by molar-refractivity contribution is -0.121. The highest BCUT2D eigenvalue weighted by molar-refractivity contribution is 7.09. The van der Waals surface area contributed by atoms with Crippen LogP contribution in [0.25, 0.3) is 0 Å². The van der Waals surface area contributed by atoms with E-state index in [0.29, 0.717) is 6.42 Å². The first-order valence-electron chi connectivity index (χ1n) is 10.0. The first-order chi connectivity index (χ1) is 13.2. The molecule has 3 rings (SSSR count). The Labute approximate surface area is 167 Å². The Hall–Kier alpha value is -1.85. The molecule has 0 radical (unpaired) electrons. The van der Waals surface area contributed by atoms with Gasteiger partial charge in [-0.15, -0.1) is 11.3 Å². The maximum Gasteiger partial charge on any atom is 0.220 e. The van der Waals surface area contributed by atoms with Gasteiger partial charge in [-0.1, -0.05) is 18.2 Å². The van der Waals surface area contributed by atoms with Gasteiger partial charge in [-0.25, -0.2) is 0 Å². The van der Waals surface area contributed by atoms with Gasteiger partial charge in [0.1, 0.15) is 0 Å². The van der Waals surface area contributed by atoms with E-state index in [9.17, 15) is 4.79 Å². The fraction of sp³-hybridized carbons (Fsp3) is 0.500. The molecule has 1 aliphatic rings. The Morgan fingerprint density at radius 1 is 1.11 bits per heavy atom. The molecule has 1 saturated heterocycles. The van der Waals surface area contributed by atoms with E-state index in [1.165, 1.54) is 16.1 Å². The molecule has 146 valence electrons. The van der Waals surface area contributed by atoms with Crippen LogP contribution >= 0.6 is 11.3 Å². The summed E-state index contributed by atoms with van der Waals surface area (Å²) in [6.07, 6.45) is 3.61. The Balaban J connectivity index is 1.24. The molecule has 0 unspecified atom stereocenters. The molecule has 2 aromatic rings. The minimum absolute atomic E-state index is 0.191. The number of aryl methyl sites for hydroxylation is 2. The molecule has 1 amide bonds. The zero-order chi connectivity index (χ0) is 18.9. The molecule has 0 spiro atoms. The predicted octanol–water partition coefficient (Wildman–Crippen LogP) is 3.71. The number of hydrogen-bond acceptors (Lipinski definition) is 4. The van der Waals surface area contributed by atoms with Gasteiger partial charge >= 0.3 is 0 Å². The molecule has 0 saturated carbocycles. The number of hydrogen-bond donors (Lipinski definition) is 1. The maximum atomic E-state index is 11.9. The van der Waals surface area contributed by atoms with Gasteiger partial charge in [0.25, 0.3) is 0 Å². The van der Waals surface area contributed by atoms with Crippen molar-refractivity contribution < 1.29 is 4.79 Å². The van der Waals surface area contributed by atoms with Gasteiger partial charge in [0, 0.05) is 49.7 Å². The molecule has 0 atom stereocenters. The van der Waals surface area contributed by atoms with Gasteiger partial charge in [-0.05, 0) is 61.9 Å². The summed E-state index contributed by atoms with van der Waals surface area (Å²) >= 11 is 1.77. The number of anilines is 1. The number of amides is 1. The number of thiophene rings is 1. The largest absolute Gasteiger partial charge is 0.369 e. The second-order valence-electron chi connectivity index (χ2n) is 7.30. The minimum atomic E-state index is 0.191. The third-order valence-electron chi connectivity index (χ3n) is 5.12. The zero-order valence-corrected chi connectivity index (χ0v) is 17.1. The Kier molecular flexibility index (Phi) is 7.72. The van der Waals surface area contributed by atoms with E-state index >= 15 is 0 Å². The molecular formula is C22H31N3OS. The van der Waals surface area contributed by atoms with Crippen molar-refractivity contribution in [2.75, 3.05) is 44.2 Å². The van der Waals surface area contributed by atoms with Gasteiger partial charge in [-0.2, -0.15) is 0 Å². The van der Waals surface area contributed by atoms with Crippen LogP contribution in [0.15, 0.2) is 41.8 Å². The van der Waals surface area contributed by atoms with Crippen molar-refractivity contribution in [2.24, 2.45) is 0 Å². The molecule has 1 aliphatic heterocycles. The molecule has 5 heteroatoms. The normalized spacial score (nSPS) is 15.1. The molecule has 4 nitrogen and oxygen atoms in total. The highest BCUT2D eigenvalue weighted by atomic mass is 32.1. The number of piperazine rings is 1. The Morgan fingerprint density at radius 3 is 2.70 bits per heavy atom. The number of benzene rings is 1. The monoisotopic (exact) mass is 385 g/mol. The third-order valence-corrected chi connectivity index (χ3v) is 6.06. The molecular weight excluding hydrogens is 354 g/mol. The second-order valence-corrected chi connectivity index (χ2v) is 8.34. The van der Waals surface area contributed by atoms with Crippen LogP contribution in [0.1, 0.15) is 29.7 Å². The lowest BCUT2D eigenvalue weighted by atomic mass is 10.2. The second kappa shape index (κ2) is 10.5. The first kappa shape index (κ1) is 19.9. The molecule has 1 aromatic heterocycles. The number of carbonyl (C=O) groups excluding carboxylic acids is 1. The number of carbonyl (C=O) groups is 1. The summed E-state index contributed by atoms with van der Waals surface area (Å²) in [6, 6.07) is 13.0. The highest BCUT2D eigenvalue weighted by Gasteiger charge is 2.16. The van der Waals surface area contributed by atoms with Crippen molar-refractivity contribution in [1.29, 1.82) is 0 Å². The van der Waals surface area contributed by atoms with Gasteiger partial charge in [-0.3, -0.25) is 9.69 Å². The van der Waals surface area contributed by atoms with Crippen LogP contribution in [0, 0.1) is 6.92 Å². The van der Waals surface area contributed by atoms with Crippen molar-refractivity contribution >= 4 is 22.9 Å². The van der Waals surface area contributed by atoms with E-state index in [-0.39, 0.29) is 5.91 Å². The molecule has 0 bridgehead atoms. The van der Waals surface area contributed by atoms with Gasteiger partial charge in [0.15, 0.2) is 0 Å². The number of nitrogens with zero attached hydrogens (tertiary/aromatic N) is 2. The average molecular weight is 386 g/mol. The molecule has 27 heavy (non-hydrogen) atoms. The van der Waals surface area contributed by atoms with Crippen LogP contribution in [0.5, 0.6) is 0 Å². The van der Waals surface area contributed by atoms with E-state index in [4.69, 9.17) is 0 Å². The Bertz CT molecular complexity index is 693. The summed E-state index contributed by atoms with van der Waals surface area (Å²) in [6.45, 7) is 8.37. The summed E-state index contributed by atoms with van der Waals surface area (Å²) in [7, 11) is 0. The van der Waals surface area contributed by atoms with Crippen molar-refractivity contribution in [2.45, 2.75) is 32.6 Å². The summed E-state index contributed by atoms with van der Waals surface area (Å²) in [5.74, 6) is 0.191. The average Bonchev–Trinajstić information content (AvgIpc) is 3.19. The van der Waals surface area contributed by atoms with Crippen molar-refractivity contribution in [3.8, 4) is 0 Å². The minimum Gasteiger partial charge on any atom is -0.369 e. The summed E-state index contributed by atoms with van der Waals surface area (Å²) in [5, 5.41) is 5.16. The smallest absolute Gasteiger partial charge is 0.220 e. The summed E-state index contributed by atoms with van der Waals surface area (Å²) < 4.78 is 0. The molecule has 1 fully saturated rings. The van der Waals surface area contributed by atoms with E-state index in [0.717, 1.165) is 58.5 Å². The Morgan fingerprint density at radius 2 is 1.96 bits per heavy atom. The van der Waals surface area contributed by atoms with Crippen LogP contribution in [-0.2, 0) is 11.2 Å². The fourth-order valence-electron chi connectivity index (χ4n) is 3.55. The number of rotatable bonds is 9. The standard InChI is InChI=1S/C22H31N3OS/c1-19-6-2-7-20(18-19)25-15-13-24(14-16-25)12-5-11-23-22(26)10-3-8-21-9-4-17-27-21/h2,4,6-7,9,17-18H,3,5,8,10-16H2,1H3,(H,23,26). The lowest BCUT2D eigenvalue weighted by Gasteiger charge is -2.36. The zero-order valence-electron chi connectivity index (χ0n) is 16.3. The highest BCUT2D eigenvalue weighted by Crippen LogP contribution is 2.17. The van der Waals surface area contributed by atoms with Gasteiger partial charge in [0.2, 0.25) is 5.91 Å².